The number of hydrogen-bond acceptors (Lipinski definition) is 4. The molecule has 1 aromatic rings. The van der Waals surface area contributed by atoms with Crippen molar-refractivity contribution >= 4 is 23.8 Å². The quantitative estimate of drug-likeness (QED) is 0.423. The molecule has 0 radical (unpaired) electrons. The van der Waals surface area contributed by atoms with Crippen molar-refractivity contribution in [3.63, 3.8) is 0 Å². The van der Waals surface area contributed by atoms with Crippen LogP contribution < -0.4 is 16.0 Å². The van der Waals surface area contributed by atoms with Gasteiger partial charge >= 0.3 is 0 Å². The highest BCUT2D eigenvalue weighted by Crippen LogP contribution is 2.28. The van der Waals surface area contributed by atoms with Crippen molar-refractivity contribution in [2.24, 2.45) is 0 Å². The average Bonchev–Trinajstić information content (AvgIpc) is 3.21. The molecule has 1 heterocycles. The number of furan rings is 1. The molecule has 1 fully saturated rings. The summed E-state index contributed by atoms with van der Waals surface area (Å²) in [7, 11) is 0. The largest absolute Gasteiger partial charge is 0.465 e. The van der Waals surface area contributed by atoms with Gasteiger partial charge in [-0.25, -0.2) is 0 Å². The molecule has 0 saturated heterocycles. The molecule has 0 bridgehead atoms. The van der Waals surface area contributed by atoms with E-state index in [1.54, 1.807) is 18.2 Å². The Morgan fingerprint density at radius 2 is 1.93 bits per heavy atom. The van der Waals surface area contributed by atoms with Gasteiger partial charge in [0.2, 0.25) is 17.7 Å². The lowest BCUT2D eigenvalue weighted by atomic mass is 9.80. The molecule has 0 atom stereocenters. The summed E-state index contributed by atoms with van der Waals surface area (Å²) in [6, 6.07) is 3.48. The van der Waals surface area contributed by atoms with Crippen LogP contribution in [0, 0.1) is 0 Å². The third-order valence-corrected chi connectivity index (χ3v) is 4.93. The first kappa shape index (κ1) is 21.7. The van der Waals surface area contributed by atoms with Crippen LogP contribution in [0.15, 0.2) is 28.9 Å². The van der Waals surface area contributed by atoms with E-state index < -0.39 is 5.54 Å². The fourth-order valence-corrected chi connectivity index (χ4v) is 3.34. The van der Waals surface area contributed by atoms with Crippen LogP contribution in [0.5, 0.6) is 0 Å². The molecule has 0 aromatic carbocycles. The molecule has 2 rings (SSSR count). The van der Waals surface area contributed by atoms with Crippen molar-refractivity contribution in [1.29, 1.82) is 0 Å². The van der Waals surface area contributed by atoms with Crippen molar-refractivity contribution in [3.8, 4) is 0 Å². The van der Waals surface area contributed by atoms with E-state index in [4.69, 9.17) is 4.42 Å². The molecule has 28 heavy (non-hydrogen) atoms. The molecule has 7 nitrogen and oxygen atoms in total. The summed E-state index contributed by atoms with van der Waals surface area (Å²) in [6.07, 6.45) is 10.8. The Hall–Kier alpha value is -2.57. The van der Waals surface area contributed by atoms with E-state index in [0.29, 0.717) is 25.1 Å². The van der Waals surface area contributed by atoms with Crippen molar-refractivity contribution < 1.29 is 18.8 Å². The fraction of sp³-hybridized carbons (Fsp3) is 0.571. The molecule has 3 amide bonds. The zero-order valence-corrected chi connectivity index (χ0v) is 16.6. The molecule has 1 aromatic heterocycles. The van der Waals surface area contributed by atoms with Crippen LogP contribution in [0.3, 0.4) is 0 Å². The molecule has 7 heteroatoms. The van der Waals surface area contributed by atoms with Crippen LogP contribution in [0.4, 0.5) is 0 Å². The number of hydrogen-bond donors (Lipinski definition) is 3. The smallest absolute Gasteiger partial charge is 0.245 e. The van der Waals surface area contributed by atoms with Crippen LogP contribution in [-0.4, -0.2) is 36.3 Å². The Labute approximate surface area is 166 Å². The van der Waals surface area contributed by atoms with Gasteiger partial charge in [0, 0.05) is 25.6 Å². The van der Waals surface area contributed by atoms with E-state index in [9.17, 15) is 14.4 Å². The fourth-order valence-electron chi connectivity index (χ4n) is 3.34. The first-order chi connectivity index (χ1) is 13.6. The second-order valence-corrected chi connectivity index (χ2v) is 7.19. The zero-order chi connectivity index (χ0) is 20.2. The molecule has 3 N–H and O–H groups in total. The van der Waals surface area contributed by atoms with E-state index in [-0.39, 0.29) is 30.7 Å². The summed E-state index contributed by atoms with van der Waals surface area (Å²) in [5.74, 6) is -0.0163. The highest BCUT2D eigenvalue weighted by molar-refractivity contribution is 5.93. The number of carbonyl (C=O) groups excluding carboxylic acids is 3. The minimum absolute atomic E-state index is 0.0839. The maximum atomic E-state index is 12.7. The molecule has 154 valence electrons. The molecule has 1 aliphatic rings. The van der Waals surface area contributed by atoms with Crippen molar-refractivity contribution in [3.05, 3.63) is 30.2 Å². The predicted molar refractivity (Wildman–Crippen MR) is 107 cm³/mol. The summed E-state index contributed by atoms with van der Waals surface area (Å²) in [5.41, 5.74) is -0.813. The summed E-state index contributed by atoms with van der Waals surface area (Å²) in [5, 5.41) is 8.58. The van der Waals surface area contributed by atoms with Crippen LogP contribution in [-0.2, 0) is 14.4 Å². The summed E-state index contributed by atoms with van der Waals surface area (Å²) < 4.78 is 5.11. The summed E-state index contributed by atoms with van der Waals surface area (Å²) in [4.78, 5) is 36.9. The van der Waals surface area contributed by atoms with Crippen molar-refractivity contribution in [1.82, 2.24) is 16.0 Å². The minimum atomic E-state index is -0.813. The lowest BCUT2D eigenvalue weighted by molar-refractivity contribution is -0.135. The van der Waals surface area contributed by atoms with E-state index in [1.807, 2.05) is 0 Å². The monoisotopic (exact) mass is 389 g/mol. The van der Waals surface area contributed by atoms with Crippen LogP contribution in [0.25, 0.3) is 6.08 Å². The third kappa shape index (κ3) is 6.87. The maximum Gasteiger partial charge on any atom is 0.245 e. The minimum Gasteiger partial charge on any atom is -0.465 e. The first-order valence-corrected chi connectivity index (χ1v) is 10.1. The van der Waals surface area contributed by atoms with Gasteiger partial charge in [0.1, 0.15) is 11.3 Å². The molecular formula is C21H31N3O4. The number of rotatable bonds is 10. The number of carbonyl (C=O) groups is 3. The maximum absolute atomic E-state index is 12.7. The van der Waals surface area contributed by atoms with Crippen molar-refractivity contribution in [2.75, 3.05) is 13.1 Å². The standard InChI is InChI=1S/C21H31N3O4/c1-2-3-14-23-20(27)21(12-5-4-6-13-21)24-19(26)11-15-22-18(25)10-9-17-8-7-16-28-17/h7-10,16H,2-6,11-15H2,1H3,(H,22,25)(H,23,27)(H,24,26)/b10-9+. The highest BCUT2D eigenvalue weighted by atomic mass is 16.3. The summed E-state index contributed by atoms with van der Waals surface area (Å²) >= 11 is 0. The lowest BCUT2D eigenvalue weighted by Gasteiger charge is -2.36. The van der Waals surface area contributed by atoms with Gasteiger partial charge < -0.3 is 20.4 Å². The Bertz CT molecular complexity index is 661. The Balaban J connectivity index is 1.79. The van der Waals surface area contributed by atoms with Crippen LogP contribution >= 0.6 is 0 Å². The van der Waals surface area contributed by atoms with Gasteiger partial charge in [-0.2, -0.15) is 0 Å². The molecule has 1 saturated carbocycles. The molecular weight excluding hydrogens is 358 g/mol. The normalized spacial score (nSPS) is 15.9. The van der Waals surface area contributed by atoms with Gasteiger partial charge in [0.05, 0.1) is 6.26 Å². The molecule has 0 aliphatic heterocycles. The lowest BCUT2D eigenvalue weighted by Crippen LogP contribution is -2.60. The number of amides is 3. The van der Waals surface area contributed by atoms with E-state index in [0.717, 1.165) is 32.1 Å². The zero-order valence-electron chi connectivity index (χ0n) is 16.6. The Morgan fingerprint density at radius 1 is 1.14 bits per heavy atom. The Morgan fingerprint density at radius 3 is 2.61 bits per heavy atom. The molecule has 0 spiro atoms. The van der Waals surface area contributed by atoms with Gasteiger partial charge in [-0.15, -0.1) is 0 Å². The number of nitrogens with one attached hydrogen (secondary N) is 3. The first-order valence-electron chi connectivity index (χ1n) is 10.1. The van der Waals surface area contributed by atoms with Crippen molar-refractivity contribution in [2.45, 2.75) is 63.8 Å². The highest BCUT2D eigenvalue weighted by Gasteiger charge is 2.40. The number of unbranched alkanes of at least 4 members (excludes halogenated alkanes) is 1. The molecule has 0 unspecified atom stereocenters. The van der Waals surface area contributed by atoms with Crippen LogP contribution in [0.1, 0.15) is 64.1 Å². The van der Waals surface area contributed by atoms with E-state index >= 15 is 0 Å². The van der Waals surface area contributed by atoms with Gasteiger partial charge in [-0.3, -0.25) is 14.4 Å². The van der Waals surface area contributed by atoms with E-state index in [1.165, 1.54) is 12.3 Å². The summed E-state index contributed by atoms with van der Waals surface area (Å²) in [6.45, 7) is 2.91. The van der Waals surface area contributed by atoms with Crippen LogP contribution in [0.2, 0.25) is 0 Å². The van der Waals surface area contributed by atoms with Gasteiger partial charge in [0.25, 0.3) is 0 Å². The molecule has 1 aliphatic carbocycles. The SMILES string of the molecule is CCCCNC(=O)C1(NC(=O)CCNC(=O)/C=C/c2ccco2)CCCCC1. The second kappa shape index (κ2) is 11.3. The third-order valence-electron chi connectivity index (χ3n) is 4.93. The van der Waals surface area contributed by atoms with Gasteiger partial charge in [-0.1, -0.05) is 32.6 Å². The van der Waals surface area contributed by atoms with E-state index in [2.05, 4.69) is 22.9 Å². The van der Waals surface area contributed by atoms with Gasteiger partial charge in [0.15, 0.2) is 0 Å². The average molecular weight is 389 g/mol. The predicted octanol–water partition coefficient (Wildman–Crippen LogP) is 2.53. The Kier molecular flexibility index (Phi) is 8.78. The second-order valence-electron chi connectivity index (χ2n) is 7.19. The van der Waals surface area contributed by atoms with Gasteiger partial charge in [-0.05, 0) is 37.5 Å². The topological polar surface area (TPSA) is 100 Å².